The zero-order valence-electron chi connectivity index (χ0n) is 32.4. The fraction of sp³-hybridized carbons (Fsp3) is 0.0400. The van der Waals surface area contributed by atoms with Crippen molar-refractivity contribution >= 4 is 171 Å². The molecule has 0 fully saturated rings. The van der Waals surface area contributed by atoms with Gasteiger partial charge in [-0.15, -0.1) is 0 Å². The van der Waals surface area contributed by atoms with Crippen molar-refractivity contribution in [3.8, 4) is 0 Å². The van der Waals surface area contributed by atoms with Crippen LogP contribution in [0.4, 0.5) is 0 Å². The van der Waals surface area contributed by atoms with Gasteiger partial charge >= 0.3 is 444 Å². The van der Waals surface area contributed by atoms with Gasteiger partial charge in [0.2, 0.25) is 0 Å². The van der Waals surface area contributed by atoms with Gasteiger partial charge in [-0.1, -0.05) is 0 Å². The van der Waals surface area contributed by atoms with Gasteiger partial charge in [-0.3, -0.25) is 0 Å². The predicted octanol–water partition coefficient (Wildman–Crippen LogP) is 9.83. The quantitative estimate of drug-likeness (QED) is 0.0846. The Morgan fingerprint density at radius 1 is 0.217 bits per heavy atom. The molecule has 0 N–H and O–H groups in total. The van der Waals surface area contributed by atoms with Crippen molar-refractivity contribution in [1.29, 1.82) is 0 Å². The molecule has 0 amide bonds. The van der Waals surface area contributed by atoms with Gasteiger partial charge < -0.3 is 0 Å². The normalized spacial score (nSPS) is 10.7. The molecule has 0 saturated carbocycles. The van der Waals surface area contributed by atoms with E-state index in [1.807, 2.05) is 0 Å². The molecule has 60 heavy (non-hydrogen) atoms. The van der Waals surface area contributed by atoms with Gasteiger partial charge in [-0.25, -0.2) is 0 Å². The number of halogens is 4. The number of hydrogen-bond acceptors (Lipinski definition) is 0. The summed E-state index contributed by atoms with van der Waals surface area (Å²) in [4.78, 5) is 0. The van der Waals surface area contributed by atoms with Crippen molar-refractivity contribution in [3.63, 3.8) is 0 Å². The molecule has 0 spiro atoms. The van der Waals surface area contributed by atoms with Gasteiger partial charge in [0, 0.05) is 0 Å². The molecule has 312 valence electrons. The van der Waals surface area contributed by atoms with Crippen molar-refractivity contribution in [3.05, 3.63) is 243 Å². The van der Waals surface area contributed by atoms with Gasteiger partial charge in [-0.2, -0.15) is 0 Å². The van der Waals surface area contributed by atoms with Crippen LogP contribution in [0.5, 0.6) is 0 Å². The maximum atomic E-state index is 2.34. The van der Waals surface area contributed by atoms with Gasteiger partial charge in [0.1, 0.15) is 0 Å². The van der Waals surface area contributed by atoms with Crippen LogP contribution in [0.25, 0.3) is 0 Å². The van der Waals surface area contributed by atoms with Gasteiger partial charge in [0.15, 0.2) is 0 Å². The van der Waals surface area contributed by atoms with E-state index in [0.29, 0.717) is 0 Å². The third-order valence-electron chi connectivity index (χ3n) is 9.11. The molecule has 0 aliphatic heterocycles. The van der Waals surface area contributed by atoms with E-state index in [1.54, 1.807) is 34.8 Å². The summed E-state index contributed by atoms with van der Waals surface area (Å²) >= 11 is 3.83. The second kappa shape index (κ2) is 31.2. The van der Waals surface area contributed by atoms with Crippen LogP contribution in [0.15, 0.2) is 243 Å². The van der Waals surface area contributed by atoms with Crippen LogP contribution >= 0.6 is 78.1 Å². The van der Waals surface area contributed by atoms with Crippen molar-refractivity contribution in [1.82, 2.24) is 0 Å². The molecular formula is C50H44As4I4Pd2. The molecule has 0 unspecified atom stereocenters. The van der Waals surface area contributed by atoms with Crippen molar-refractivity contribution < 1.29 is 21.5 Å². The number of benzene rings is 8. The molecule has 10 heteroatoms. The van der Waals surface area contributed by atoms with Crippen LogP contribution in [-0.4, -0.2) is 58.6 Å². The van der Waals surface area contributed by atoms with Crippen molar-refractivity contribution in [2.75, 3.05) is 0 Å². The van der Waals surface area contributed by atoms with Crippen LogP contribution < -0.4 is 34.8 Å². The average molecular weight is 1670 g/mol. The first-order valence-corrected chi connectivity index (χ1v) is 50.1. The molecule has 0 saturated heterocycles. The summed E-state index contributed by atoms with van der Waals surface area (Å²) in [6.07, 6.45) is 0. The second-order valence-electron chi connectivity index (χ2n) is 12.8. The Morgan fingerprint density at radius 3 is 0.417 bits per heavy atom. The van der Waals surface area contributed by atoms with E-state index in [2.05, 4.69) is 321 Å². The van der Waals surface area contributed by atoms with E-state index >= 15 is 0 Å². The van der Waals surface area contributed by atoms with Crippen LogP contribution in [-0.2, 0) is 21.5 Å². The standard InChI is InChI=1S/2C25H22As2.4HI.2Pd/c2*1-5-13-22(14-6-1)26(23-15-7-2-8-16-23)21-27(24-17-9-3-10-18-24)25-19-11-4-12-20-25;;;;;;/h2*1-20H,21H2;4*1H;;/q;;;;;;2*+2/p-4. The average Bonchev–Trinajstić information content (AvgIpc) is 3.33. The third kappa shape index (κ3) is 17.6. The van der Waals surface area contributed by atoms with Gasteiger partial charge in [0.05, 0.1) is 0 Å². The van der Waals surface area contributed by atoms with E-state index in [9.17, 15) is 0 Å². The van der Waals surface area contributed by atoms with E-state index < -0.39 is 58.6 Å². The molecule has 8 aromatic rings. The van der Waals surface area contributed by atoms with Crippen molar-refractivity contribution in [2.24, 2.45) is 0 Å². The fourth-order valence-corrected chi connectivity index (χ4v) is 42.2. The monoisotopic (exact) mass is 1660 g/mol. The number of rotatable bonds is 12. The molecule has 0 heterocycles. The summed E-state index contributed by atoms with van der Waals surface area (Å²) in [5, 5.41) is 0. The first kappa shape index (κ1) is 51.2. The molecule has 0 bridgehead atoms. The first-order chi connectivity index (χ1) is 29.7. The topological polar surface area (TPSA) is 0 Å². The SMILES string of the molecule is [I][Pd][I].[I][Pd][I].c1ccc([As](C[As](c2ccccc2)c2ccccc2)c2ccccc2)cc1.c1ccc([As](C[As](c2ccccc2)c2ccccc2)c2ccccc2)cc1. The first-order valence-electron chi connectivity index (χ1n) is 18.8. The second-order valence-corrected chi connectivity index (χ2v) is 59.9. The Hall–Kier alpha value is 0.238. The third-order valence-corrected chi connectivity index (χ3v) is 39.3. The Bertz CT molecular complexity index is 1790. The van der Waals surface area contributed by atoms with Crippen LogP contribution in [0, 0.1) is 0 Å². The molecule has 0 aromatic heterocycles. The Morgan fingerprint density at radius 2 is 0.317 bits per heavy atom. The van der Waals surface area contributed by atoms with Crippen molar-refractivity contribution in [2.45, 2.75) is 7.99 Å². The Labute approximate surface area is 436 Å². The van der Waals surface area contributed by atoms with Crippen LogP contribution in [0.2, 0.25) is 7.99 Å². The summed E-state index contributed by atoms with van der Waals surface area (Å²) in [6, 6.07) is 89.7. The summed E-state index contributed by atoms with van der Waals surface area (Å²) in [7, 11) is 1.78. The van der Waals surface area contributed by atoms with Crippen LogP contribution in [0.3, 0.4) is 0 Å². The molecule has 8 aromatic carbocycles. The summed E-state index contributed by atoms with van der Waals surface area (Å²) in [5.74, 6) is 0. The van der Waals surface area contributed by atoms with Gasteiger partial charge in [-0.05, 0) is 0 Å². The van der Waals surface area contributed by atoms with E-state index in [0.717, 1.165) is 21.5 Å². The molecule has 0 aliphatic rings. The molecule has 0 atom stereocenters. The minimum atomic E-state index is -1.37. The summed E-state index contributed by atoms with van der Waals surface area (Å²) < 4.78 is 15.1. The number of hydrogen-bond donors (Lipinski definition) is 0. The van der Waals surface area contributed by atoms with Crippen LogP contribution in [0.1, 0.15) is 0 Å². The summed E-state index contributed by atoms with van der Waals surface area (Å²) in [6.45, 7) is 0. The Kier molecular flexibility index (Phi) is 26.6. The van der Waals surface area contributed by atoms with Gasteiger partial charge in [0.25, 0.3) is 0 Å². The molecule has 0 aliphatic carbocycles. The fourth-order valence-electron chi connectivity index (χ4n) is 6.40. The van der Waals surface area contributed by atoms with E-state index in [4.69, 9.17) is 0 Å². The van der Waals surface area contributed by atoms with E-state index in [-0.39, 0.29) is 0 Å². The zero-order chi connectivity index (χ0) is 42.0. The van der Waals surface area contributed by atoms with E-state index in [1.165, 1.54) is 7.99 Å². The zero-order valence-corrected chi connectivity index (χ0v) is 51.7. The molecule has 8 rings (SSSR count). The molecule has 0 radical (unpaired) electrons. The maximum absolute atomic E-state index is 2.34. The summed E-state index contributed by atoms with van der Waals surface area (Å²) in [5.41, 5.74) is 0. The minimum absolute atomic E-state index is 0.890. The predicted molar refractivity (Wildman–Crippen MR) is 297 cm³/mol. The molecular weight excluding hydrogens is 1620 g/mol. The Balaban J connectivity index is 0.000000201. The molecule has 0 nitrogen and oxygen atoms in total.